The summed E-state index contributed by atoms with van der Waals surface area (Å²) < 4.78 is 67.0. The van der Waals surface area contributed by atoms with Crippen LogP contribution in [-0.4, -0.2) is 17.4 Å². The third kappa shape index (κ3) is 5.23. The molecule has 152 valence electrons. The first-order valence-corrected chi connectivity index (χ1v) is 8.90. The summed E-state index contributed by atoms with van der Waals surface area (Å²) in [6, 6.07) is 8.52. The maximum Gasteiger partial charge on any atom is 0.573 e. The zero-order valence-electron chi connectivity index (χ0n) is 14.4. The summed E-state index contributed by atoms with van der Waals surface area (Å²) in [6.45, 7) is -0.163. The molecule has 0 atom stereocenters. The average Bonchev–Trinajstić information content (AvgIpc) is 3.13. The molecule has 1 aromatic heterocycles. The molecule has 3 aromatic rings. The standard InChI is InChI=1S/C19H12F5NO3S/c20-14-5-10(6-15(21)17(14)26)8-25-18(27)16-7-12(9-29-16)11-1-3-13(4-2-11)28-19(22,23)24/h1-7,9,26H,8H2,(H,25,27). The SMILES string of the molecule is O=C(NCc1cc(F)c(O)c(F)c1)c1cc(-c2ccc(OC(F)(F)F)cc2)cs1. The van der Waals surface area contributed by atoms with E-state index in [2.05, 4.69) is 10.1 Å². The van der Waals surface area contributed by atoms with Gasteiger partial charge in [0.1, 0.15) is 5.75 Å². The Balaban J connectivity index is 1.65. The molecule has 0 unspecified atom stereocenters. The Morgan fingerprint density at radius 1 is 1.03 bits per heavy atom. The third-order valence-corrected chi connectivity index (χ3v) is 4.70. The predicted octanol–water partition coefficient (Wildman–Crippen LogP) is 5.23. The van der Waals surface area contributed by atoms with E-state index in [1.54, 1.807) is 5.38 Å². The molecule has 0 radical (unpaired) electrons. The van der Waals surface area contributed by atoms with Crippen LogP contribution in [0.15, 0.2) is 47.8 Å². The van der Waals surface area contributed by atoms with Gasteiger partial charge in [0.15, 0.2) is 17.4 Å². The zero-order chi connectivity index (χ0) is 21.2. The molecule has 10 heteroatoms. The number of hydrogen-bond acceptors (Lipinski definition) is 4. The zero-order valence-corrected chi connectivity index (χ0v) is 15.2. The van der Waals surface area contributed by atoms with Gasteiger partial charge in [-0.3, -0.25) is 4.79 Å². The topological polar surface area (TPSA) is 58.6 Å². The molecule has 0 aliphatic rings. The largest absolute Gasteiger partial charge is 0.573 e. The second kappa shape index (κ2) is 8.08. The molecule has 29 heavy (non-hydrogen) atoms. The molecule has 1 heterocycles. The number of benzene rings is 2. The molecule has 0 spiro atoms. The van der Waals surface area contributed by atoms with Gasteiger partial charge in [0.05, 0.1) is 4.88 Å². The molecule has 0 aliphatic carbocycles. The van der Waals surface area contributed by atoms with Crippen LogP contribution in [0.1, 0.15) is 15.2 Å². The van der Waals surface area contributed by atoms with Gasteiger partial charge in [-0.05, 0) is 52.4 Å². The fourth-order valence-electron chi connectivity index (χ4n) is 2.45. The molecule has 0 saturated heterocycles. The summed E-state index contributed by atoms with van der Waals surface area (Å²) in [7, 11) is 0. The number of thiophene rings is 1. The lowest BCUT2D eigenvalue weighted by Gasteiger charge is -2.08. The van der Waals surface area contributed by atoms with Crippen molar-refractivity contribution in [2.24, 2.45) is 0 Å². The number of carbonyl (C=O) groups is 1. The van der Waals surface area contributed by atoms with Crippen molar-refractivity contribution in [1.29, 1.82) is 0 Å². The fourth-order valence-corrected chi connectivity index (χ4v) is 3.28. The molecule has 2 N–H and O–H groups in total. The highest BCUT2D eigenvalue weighted by Gasteiger charge is 2.31. The maximum absolute atomic E-state index is 13.3. The number of phenolic OH excluding ortho intramolecular Hbond substituents is 1. The average molecular weight is 429 g/mol. The molecular formula is C19H12F5NO3S. The van der Waals surface area contributed by atoms with E-state index in [0.29, 0.717) is 16.0 Å². The van der Waals surface area contributed by atoms with E-state index in [4.69, 9.17) is 5.11 Å². The monoisotopic (exact) mass is 429 g/mol. The summed E-state index contributed by atoms with van der Waals surface area (Å²) in [4.78, 5) is 12.5. The minimum Gasteiger partial charge on any atom is -0.503 e. The van der Waals surface area contributed by atoms with Gasteiger partial charge >= 0.3 is 6.36 Å². The lowest BCUT2D eigenvalue weighted by molar-refractivity contribution is -0.274. The normalized spacial score (nSPS) is 11.3. The number of hydrogen-bond donors (Lipinski definition) is 2. The lowest BCUT2D eigenvalue weighted by atomic mass is 10.1. The van der Waals surface area contributed by atoms with Crippen LogP contribution in [0.2, 0.25) is 0 Å². The highest BCUT2D eigenvalue weighted by Crippen LogP contribution is 2.29. The molecule has 3 rings (SSSR count). The number of nitrogens with one attached hydrogen (secondary N) is 1. The van der Waals surface area contributed by atoms with Crippen molar-refractivity contribution in [2.75, 3.05) is 0 Å². The van der Waals surface area contributed by atoms with Crippen LogP contribution >= 0.6 is 11.3 Å². The number of ether oxygens (including phenoxy) is 1. The van der Waals surface area contributed by atoms with Crippen LogP contribution in [0.25, 0.3) is 11.1 Å². The fraction of sp³-hybridized carbons (Fsp3) is 0.105. The van der Waals surface area contributed by atoms with E-state index in [1.807, 2.05) is 0 Å². The van der Waals surface area contributed by atoms with Crippen molar-refractivity contribution in [3.05, 3.63) is 69.9 Å². The minimum atomic E-state index is -4.78. The Morgan fingerprint density at radius 2 is 1.66 bits per heavy atom. The first-order valence-electron chi connectivity index (χ1n) is 8.02. The van der Waals surface area contributed by atoms with Crippen molar-refractivity contribution >= 4 is 17.2 Å². The highest BCUT2D eigenvalue weighted by atomic mass is 32.1. The quantitative estimate of drug-likeness (QED) is 0.547. The van der Waals surface area contributed by atoms with E-state index in [0.717, 1.165) is 35.6 Å². The Kier molecular flexibility index (Phi) is 5.73. The van der Waals surface area contributed by atoms with Gasteiger partial charge in [-0.25, -0.2) is 8.78 Å². The molecule has 4 nitrogen and oxygen atoms in total. The van der Waals surface area contributed by atoms with Crippen LogP contribution in [0, 0.1) is 11.6 Å². The summed E-state index contributed by atoms with van der Waals surface area (Å²) >= 11 is 1.10. The number of phenols is 1. The predicted molar refractivity (Wildman–Crippen MR) is 95.6 cm³/mol. The van der Waals surface area contributed by atoms with Crippen molar-refractivity contribution in [1.82, 2.24) is 5.32 Å². The van der Waals surface area contributed by atoms with E-state index in [1.165, 1.54) is 18.2 Å². The highest BCUT2D eigenvalue weighted by molar-refractivity contribution is 7.12. The number of alkyl halides is 3. The van der Waals surface area contributed by atoms with Crippen LogP contribution in [0.4, 0.5) is 22.0 Å². The van der Waals surface area contributed by atoms with Gasteiger partial charge in [-0.1, -0.05) is 12.1 Å². The van der Waals surface area contributed by atoms with Crippen molar-refractivity contribution in [2.45, 2.75) is 12.9 Å². The summed E-state index contributed by atoms with van der Waals surface area (Å²) in [5.74, 6) is -4.21. The molecule has 0 bridgehead atoms. The van der Waals surface area contributed by atoms with E-state index in [-0.39, 0.29) is 17.9 Å². The van der Waals surface area contributed by atoms with E-state index >= 15 is 0 Å². The van der Waals surface area contributed by atoms with Crippen molar-refractivity contribution in [3.8, 4) is 22.6 Å². The van der Waals surface area contributed by atoms with Gasteiger partial charge in [0.2, 0.25) is 0 Å². The second-order valence-electron chi connectivity index (χ2n) is 5.86. The third-order valence-electron chi connectivity index (χ3n) is 3.77. The van der Waals surface area contributed by atoms with Gasteiger partial charge in [-0.2, -0.15) is 0 Å². The second-order valence-corrected chi connectivity index (χ2v) is 6.77. The van der Waals surface area contributed by atoms with Gasteiger partial charge in [0.25, 0.3) is 5.91 Å². The maximum atomic E-state index is 13.3. The number of aromatic hydroxyl groups is 1. The summed E-state index contributed by atoms with van der Waals surface area (Å²) in [5, 5.41) is 13.2. The van der Waals surface area contributed by atoms with Crippen LogP contribution in [-0.2, 0) is 6.54 Å². The minimum absolute atomic E-state index is 0.128. The van der Waals surface area contributed by atoms with Crippen molar-refractivity contribution in [3.63, 3.8) is 0 Å². The molecule has 1 amide bonds. The van der Waals surface area contributed by atoms with Crippen LogP contribution < -0.4 is 10.1 Å². The number of carbonyl (C=O) groups excluding carboxylic acids is 1. The molecule has 2 aromatic carbocycles. The molecule has 0 aliphatic heterocycles. The van der Waals surface area contributed by atoms with Gasteiger partial charge in [0, 0.05) is 6.54 Å². The number of rotatable bonds is 5. The Hall–Kier alpha value is -3.14. The molecule has 0 fully saturated rings. The molecule has 0 saturated carbocycles. The number of halogens is 5. The molecular weight excluding hydrogens is 417 g/mol. The summed E-state index contributed by atoms with van der Waals surface area (Å²) in [6.07, 6.45) is -4.78. The first kappa shape index (κ1) is 20.6. The summed E-state index contributed by atoms with van der Waals surface area (Å²) in [5.41, 5.74) is 1.32. The Bertz CT molecular complexity index is 1010. The smallest absolute Gasteiger partial charge is 0.503 e. The van der Waals surface area contributed by atoms with Crippen LogP contribution in [0.3, 0.4) is 0 Å². The number of amides is 1. The first-order chi connectivity index (χ1) is 13.6. The van der Waals surface area contributed by atoms with Crippen molar-refractivity contribution < 1.29 is 36.6 Å². The Morgan fingerprint density at radius 3 is 2.24 bits per heavy atom. The lowest BCUT2D eigenvalue weighted by Crippen LogP contribution is -2.21. The van der Waals surface area contributed by atoms with Gasteiger partial charge < -0.3 is 15.2 Å². The van der Waals surface area contributed by atoms with E-state index in [9.17, 15) is 26.7 Å². The van der Waals surface area contributed by atoms with Crippen LogP contribution in [0.5, 0.6) is 11.5 Å². The van der Waals surface area contributed by atoms with E-state index < -0.39 is 29.7 Å². The Labute approximate surface area is 165 Å². The van der Waals surface area contributed by atoms with Gasteiger partial charge in [-0.15, -0.1) is 24.5 Å².